The van der Waals surface area contributed by atoms with Crippen LogP contribution < -0.4 is 5.19 Å². The Morgan fingerprint density at radius 3 is 2.14 bits per heavy atom. The zero-order chi connectivity index (χ0) is 44.7. The number of benzene rings is 5. The fourth-order valence-corrected chi connectivity index (χ4v) is 9.08. The average molecular weight is 959 g/mol. The topological polar surface area (TPSA) is 38.9 Å². The monoisotopic (exact) mass is 959 g/mol. The fourth-order valence-electron chi connectivity index (χ4n) is 7.67. The van der Waals surface area contributed by atoms with Crippen LogP contribution in [-0.4, -0.2) is 18.0 Å². The number of hydrogen-bond acceptors (Lipinski definition) is 3. The standard InChI is InChI=1S/C27H22NO.C26H30NSi.Ir/c1-17(2)20-9-11-26-23(13-20)24-14-21(10-12-27(24)29-26)25-15-22(18(3)16-28-25)19-7-5-4-6-8-19;1-28(2,3)26-19-27-25(18-24(26)16-20-10-7-8-11-20)23-15-9-14-22(17-23)21-12-5-4-6-13-21;/h4-9,11-17H,1-3H3;4-6,9,12-14,17-20H,7-8,10-11,16H2,1-3H3;/q2*-1;/i3D3,17D;16D2;. The van der Waals surface area contributed by atoms with Crippen molar-refractivity contribution in [3.63, 3.8) is 0 Å². The van der Waals surface area contributed by atoms with Gasteiger partial charge in [0.05, 0.1) is 13.7 Å². The van der Waals surface area contributed by atoms with Gasteiger partial charge >= 0.3 is 0 Å². The minimum atomic E-state index is -2.27. The molecule has 5 aromatic carbocycles. The number of aryl methyl sites for hydroxylation is 1. The summed E-state index contributed by atoms with van der Waals surface area (Å²) in [5.41, 5.74) is 10.3. The van der Waals surface area contributed by atoms with Crippen LogP contribution in [0.4, 0.5) is 0 Å². The van der Waals surface area contributed by atoms with E-state index in [2.05, 4.69) is 61.0 Å². The zero-order valence-corrected chi connectivity index (χ0v) is 37.1. The van der Waals surface area contributed by atoms with Gasteiger partial charge in [-0.2, -0.15) is 0 Å². The molecule has 1 saturated carbocycles. The quantitative estimate of drug-likeness (QED) is 0.113. The molecule has 1 aliphatic rings. The summed E-state index contributed by atoms with van der Waals surface area (Å²) < 4.78 is 56.3. The van der Waals surface area contributed by atoms with Crippen LogP contribution >= 0.6 is 0 Å². The van der Waals surface area contributed by atoms with Crippen molar-refractivity contribution in [3.8, 4) is 44.8 Å². The van der Waals surface area contributed by atoms with Crippen LogP contribution in [0.5, 0.6) is 0 Å². The largest absolute Gasteiger partial charge is 0.500 e. The van der Waals surface area contributed by atoms with E-state index < -0.39 is 27.2 Å². The molecule has 8 aromatic rings. The molecule has 0 bridgehead atoms. The van der Waals surface area contributed by atoms with Crippen molar-refractivity contribution < 1.29 is 32.7 Å². The molecule has 0 atom stereocenters. The first kappa shape index (κ1) is 34.0. The maximum atomic E-state index is 9.07. The van der Waals surface area contributed by atoms with Gasteiger partial charge in [0.2, 0.25) is 0 Å². The van der Waals surface area contributed by atoms with Gasteiger partial charge in [0.15, 0.2) is 0 Å². The van der Waals surface area contributed by atoms with Crippen LogP contribution in [-0.2, 0) is 26.5 Å². The number of rotatable bonds is 8. The van der Waals surface area contributed by atoms with Gasteiger partial charge in [-0.15, -0.1) is 59.2 Å². The zero-order valence-electron chi connectivity index (χ0n) is 39.7. The molecule has 3 heterocycles. The summed E-state index contributed by atoms with van der Waals surface area (Å²) in [5.74, 6) is -0.624. The summed E-state index contributed by atoms with van der Waals surface area (Å²) in [4.78, 5) is 9.27. The Kier molecular flexibility index (Phi) is 10.5. The Morgan fingerprint density at radius 1 is 0.759 bits per heavy atom. The third-order valence-electron chi connectivity index (χ3n) is 10.9. The maximum absolute atomic E-state index is 9.07. The first-order valence-corrected chi connectivity index (χ1v) is 23.4. The normalized spacial score (nSPS) is 15.3. The van der Waals surface area contributed by atoms with Crippen molar-refractivity contribution in [2.45, 2.75) is 78.3 Å². The van der Waals surface area contributed by atoms with Crippen molar-refractivity contribution >= 4 is 35.2 Å². The van der Waals surface area contributed by atoms with E-state index in [-0.39, 0.29) is 31.6 Å². The Labute approximate surface area is 367 Å². The first-order chi connectivity index (χ1) is 29.9. The van der Waals surface area contributed by atoms with Crippen molar-refractivity contribution in [1.29, 1.82) is 0 Å². The molecular weight excluding hydrogens is 901 g/mol. The van der Waals surface area contributed by atoms with E-state index in [1.165, 1.54) is 6.20 Å². The second-order valence-corrected chi connectivity index (χ2v) is 21.3. The van der Waals surface area contributed by atoms with Crippen LogP contribution in [0.25, 0.3) is 66.7 Å². The van der Waals surface area contributed by atoms with Gasteiger partial charge < -0.3 is 14.4 Å². The van der Waals surface area contributed by atoms with Gasteiger partial charge in [-0.3, -0.25) is 0 Å². The number of hydrogen-bond donors (Lipinski definition) is 0. The van der Waals surface area contributed by atoms with Gasteiger partial charge in [0, 0.05) is 46.1 Å². The molecule has 0 spiro atoms. The predicted molar refractivity (Wildman–Crippen MR) is 243 cm³/mol. The maximum Gasteiger partial charge on any atom is 0.120 e. The van der Waals surface area contributed by atoms with Crippen molar-refractivity contribution in [3.05, 3.63) is 163 Å². The van der Waals surface area contributed by atoms with Gasteiger partial charge in [-0.25, -0.2) is 0 Å². The Morgan fingerprint density at radius 2 is 1.43 bits per heavy atom. The fraction of sp³-hybridized carbons (Fsp3) is 0.245. The molecule has 0 saturated heterocycles. The number of pyridine rings is 2. The van der Waals surface area contributed by atoms with Gasteiger partial charge in [0.1, 0.15) is 5.58 Å². The third kappa shape index (κ3) is 9.18. The van der Waals surface area contributed by atoms with Crippen molar-refractivity contribution in [1.82, 2.24) is 9.97 Å². The molecule has 0 N–H and O–H groups in total. The van der Waals surface area contributed by atoms with Crippen LogP contribution in [0, 0.1) is 24.9 Å². The van der Waals surface area contributed by atoms with Crippen LogP contribution in [0.2, 0.25) is 19.6 Å². The SMILES string of the molecule is [2H]C([2H])([2H])c1cnc(-c2[c-]cc3oc4ccc(C([2H])(C)C)cc4c3c2)cc1-c1ccccc1.[2H]C([2H])(c1cc(-c2[c-]ccc(-c3ccccc3)c2)ncc1[Si](C)(C)C)C1CCCC1.[Ir]. The minimum absolute atomic E-state index is 0. The average Bonchev–Trinajstić information content (AvgIpc) is 3.95. The summed E-state index contributed by atoms with van der Waals surface area (Å²) >= 11 is 0. The van der Waals surface area contributed by atoms with E-state index in [1.54, 1.807) is 6.07 Å². The van der Waals surface area contributed by atoms with E-state index >= 15 is 0 Å². The second-order valence-electron chi connectivity index (χ2n) is 16.3. The van der Waals surface area contributed by atoms with Gasteiger partial charge in [-0.05, 0) is 81.6 Å². The van der Waals surface area contributed by atoms with Crippen molar-refractivity contribution in [2.24, 2.45) is 5.92 Å². The van der Waals surface area contributed by atoms with E-state index in [4.69, 9.17) is 17.6 Å². The number of nitrogens with zero attached hydrogens (tertiary/aromatic N) is 2. The third-order valence-corrected chi connectivity index (χ3v) is 12.9. The smallest absolute Gasteiger partial charge is 0.120 e. The molecule has 0 aliphatic heterocycles. The summed E-state index contributed by atoms with van der Waals surface area (Å²) in [6.45, 7) is 8.28. The Bertz CT molecular complexity index is 2900. The first-order valence-electron chi connectivity index (χ1n) is 22.9. The van der Waals surface area contributed by atoms with Crippen LogP contribution in [0.15, 0.2) is 138 Å². The molecule has 0 unspecified atom stereocenters. The van der Waals surface area contributed by atoms with Gasteiger partial charge in [0.25, 0.3) is 0 Å². The van der Waals surface area contributed by atoms with E-state index in [0.29, 0.717) is 16.8 Å². The molecule has 3 aromatic heterocycles. The molecule has 3 nitrogen and oxygen atoms in total. The molecule has 1 aliphatic carbocycles. The predicted octanol–water partition coefficient (Wildman–Crippen LogP) is 14.0. The summed E-state index contributed by atoms with van der Waals surface area (Å²) in [5, 5.41) is 2.98. The molecule has 58 heavy (non-hydrogen) atoms. The summed E-state index contributed by atoms with van der Waals surface area (Å²) in [7, 11) is -1.74. The van der Waals surface area contributed by atoms with E-state index in [9.17, 15) is 0 Å². The summed E-state index contributed by atoms with van der Waals surface area (Å²) in [6, 6.07) is 45.9. The van der Waals surface area contributed by atoms with Crippen molar-refractivity contribution in [2.75, 3.05) is 0 Å². The van der Waals surface area contributed by atoms with E-state index in [0.717, 1.165) is 91.9 Å². The van der Waals surface area contributed by atoms with Crippen LogP contribution in [0.3, 0.4) is 0 Å². The molecule has 0 amide bonds. The molecule has 5 heteroatoms. The Hall–Kier alpha value is -4.93. The number of aromatic nitrogens is 2. The Balaban J connectivity index is 0.000000189. The molecule has 9 rings (SSSR count). The molecule has 1 fully saturated rings. The minimum Gasteiger partial charge on any atom is -0.500 e. The molecule has 1 radical (unpaired) electrons. The van der Waals surface area contributed by atoms with Gasteiger partial charge in [-0.1, -0.05) is 149 Å². The second kappa shape index (κ2) is 17.9. The summed E-state index contributed by atoms with van der Waals surface area (Å²) in [6.07, 6.45) is 6.30. The number of fused-ring (bicyclic) bond motifs is 3. The van der Waals surface area contributed by atoms with Crippen LogP contribution in [0.1, 0.15) is 70.3 Å². The molecule has 295 valence electrons. The van der Waals surface area contributed by atoms with E-state index in [1.807, 2.05) is 111 Å². The molecular formula is C53H52IrN2OSi-2. The number of furan rings is 1.